The number of carbonyl (C=O) groups is 1. The van der Waals surface area contributed by atoms with Crippen LogP contribution in [0.4, 0.5) is 0 Å². The van der Waals surface area contributed by atoms with Crippen molar-refractivity contribution in [3.05, 3.63) is 34.9 Å². The monoisotopic (exact) mass is 261 g/mol. The Morgan fingerprint density at radius 3 is 2.58 bits per heavy atom. The Bertz CT molecular complexity index is 494. The van der Waals surface area contributed by atoms with E-state index in [1.165, 1.54) is 5.56 Å². The van der Waals surface area contributed by atoms with Crippen molar-refractivity contribution in [2.75, 3.05) is 13.1 Å². The van der Waals surface area contributed by atoms with Gasteiger partial charge in [0.15, 0.2) is 5.78 Å². The number of likely N-dealkylation sites (tertiary alicyclic amines) is 1. The third kappa shape index (κ3) is 3.04. The van der Waals surface area contributed by atoms with E-state index in [4.69, 9.17) is 0 Å². The molecular weight excluding hydrogens is 238 g/mol. The molecule has 1 N–H and O–H groups in total. The van der Waals surface area contributed by atoms with Gasteiger partial charge in [0.25, 0.3) is 0 Å². The third-order valence-corrected chi connectivity index (χ3v) is 4.20. The lowest BCUT2D eigenvalue weighted by molar-refractivity contribution is 0.0597. The average molecular weight is 261 g/mol. The number of ketones is 1. The first kappa shape index (κ1) is 14.2. The van der Waals surface area contributed by atoms with Crippen molar-refractivity contribution in [1.82, 2.24) is 4.90 Å². The van der Waals surface area contributed by atoms with E-state index in [1.54, 1.807) is 0 Å². The van der Waals surface area contributed by atoms with E-state index in [9.17, 15) is 9.90 Å². The molecule has 1 aromatic rings. The minimum Gasteiger partial charge on any atom is -0.389 e. The topological polar surface area (TPSA) is 40.5 Å². The lowest BCUT2D eigenvalue weighted by Crippen LogP contribution is -2.40. The van der Waals surface area contributed by atoms with Crippen LogP contribution in [0.5, 0.6) is 0 Å². The van der Waals surface area contributed by atoms with E-state index < -0.39 is 5.60 Å². The molecule has 0 saturated carbocycles. The zero-order valence-electron chi connectivity index (χ0n) is 12.2. The van der Waals surface area contributed by atoms with Crippen LogP contribution in [0.15, 0.2) is 18.2 Å². The van der Waals surface area contributed by atoms with Gasteiger partial charge in [-0.05, 0) is 51.3 Å². The third-order valence-electron chi connectivity index (χ3n) is 4.20. The highest BCUT2D eigenvalue weighted by atomic mass is 16.3. The van der Waals surface area contributed by atoms with Gasteiger partial charge in [0.05, 0.1) is 11.6 Å². The zero-order valence-corrected chi connectivity index (χ0v) is 12.2. The van der Waals surface area contributed by atoms with Crippen LogP contribution in [0.25, 0.3) is 0 Å². The maximum absolute atomic E-state index is 12.5. The van der Waals surface area contributed by atoms with Crippen molar-refractivity contribution >= 4 is 5.78 Å². The summed E-state index contributed by atoms with van der Waals surface area (Å²) in [4.78, 5) is 14.5. The molecule has 0 aliphatic carbocycles. The highest BCUT2D eigenvalue weighted by molar-refractivity contribution is 6.00. The van der Waals surface area contributed by atoms with E-state index in [0.29, 0.717) is 6.54 Å². The number of carbonyl (C=O) groups excluding carboxylic acids is 1. The summed E-state index contributed by atoms with van der Waals surface area (Å²) in [6.07, 6.45) is 0.734. The second kappa shape index (κ2) is 5.06. The van der Waals surface area contributed by atoms with Crippen molar-refractivity contribution in [1.29, 1.82) is 0 Å². The van der Waals surface area contributed by atoms with Crippen LogP contribution in [0, 0.1) is 13.8 Å². The van der Waals surface area contributed by atoms with Crippen LogP contribution >= 0.6 is 0 Å². The summed E-state index contributed by atoms with van der Waals surface area (Å²) in [5.41, 5.74) is 2.46. The number of hydrogen-bond donors (Lipinski definition) is 1. The Hall–Kier alpha value is -1.19. The quantitative estimate of drug-likeness (QED) is 0.849. The summed E-state index contributed by atoms with van der Waals surface area (Å²) in [5, 5.41) is 9.99. The van der Waals surface area contributed by atoms with Gasteiger partial charge >= 0.3 is 0 Å². The summed E-state index contributed by atoms with van der Waals surface area (Å²) in [6, 6.07) is 5.68. The van der Waals surface area contributed by atoms with Gasteiger partial charge in [0.1, 0.15) is 0 Å². The fourth-order valence-electron chi connectivity index (χ4n) is 2.61. The first-order valence-corrected chi connectivity index (χ1v) is 6.88. The van der Waals surface area contributed by atoms with Crippen LogP contribution in [0.2, 0.25) is 0 Å². The first-order chi connectivity index (χ1) is 8.80. The minimum absolute atomic E-state index is 0.140. The van der Waals surface area contributed by atoms with Crippen molar-refractivity contribution < 1.29 is 9.90 Å². The van der Waals surface area contributed by atoms with Crippen molar-refractivity contribution in [3.8, 4) is 0 Å². The molecule has 1 saturated heterocycles. The predicted molar refractivity (Wildman–Crippen MR) is 76.5 cm³/mol. The summed E-state index contributed by atoms with van der Waals surface area (Å²) in [5.74, 6) is 0.140. The molecule has 0 amide bonds. The maximum Gasteiger partial charge on any atom is 0.179 e. The van der Waals surface area contributed by atoms with Crippen LogP contribution in [-0.2, 0) is 0 Å². The predicted octanol–water partition coefficient (Wildman–Crippen LogP) is 2.33. The zero-order chi connectivity index (χ0) is 14.2. The van der Waals surface area contributed by atoms with E-state index in [-0.39, 0.29) is 11.8 Å². The number of benzene rings is 1. The molecule has 0 spiro atoms. The van der Waals surface area contributed by atoms with Crippen LogP contribution in [-0.4, -0.2) is 40.5 Å². The molecular formula is C16H23NO2. The van der Waals surface area contributed by atoms with Crippen LogP contribution in [0.1, 0.15) is 41.8 Å². The fourth-order valence-corrected chi connectivity index (χ4v) is 2.61. The first-order valence-electron chi connectivity index (χ1n) is 6.88. The minimum atomic E-state index is -0.655. The number of aliphatic hydroxyl groups is 1. The SMILES string of the molecule is Cc1ccc(C(=O)C(C)N2CCC(C)(O)C2)cc1C. The second-order valence-corrected chi connectivity index (χ2v) is 6.06. The van der Waals surface area contributed by atoms with E-state index in [0.717, 1.165) is 24.1 Å². The highest BCUT2D eigenvalue weighted by Gasteiger charge is 2.35. The number of hydrogen-bond acceptors (Lipinski definition) is 3. The molecule has 1 heterocycles. The van der Waals surface area contributed by atoms with Gasteiger partial charge in [-0.3, -0.25) is 9.69 Å². The number of nitrogens with zero attached hydrogens (tertiary/aromatic N) is 1. The van der Waals surface area contributed by atoms with Gasteiger partial charge in [-0.15, -0.1) is 0 Å². The van der Waals surface area contributed by atoms with E-state index in [1.807, 2.05) is 45.9 Å². The molecule has 2 atom stereocenters. The molecule has 1 aliphatic heterocycles. The van der Waals surface area contributed by atoms with Crippen molar-refractivity contribution in [2.45, 2.75) is 45.8 Å². The fraction of sp³-hybridized carbons (Fsp3) is 0.562. The van der Waals surface area contributed by atoms with Crippen molar-refractivity contribution in [2.24, 2.45) is 0 Å². The lowest BCUT2D eigenvalue weighted by atomic mass is 9.99. The maximum atomic E-state index is 12.5. The molecule has 2 unspecified atom stereocenters. The van der Waals surface area contributed by atoms with Gasteiger partial charge in [-0.2, -0.15) is 0 Å². The summed E-state index contributed by atoms with van der Waals surface area (Å²) in [6.45, 7) is 9.19. The molecule has 0 aromatic heterocycles. The van der Waals surface area contributed by atoms with Gasteiger partial charge in [-0.1, -0.05) is 12.1 Å². The summed E-state index contributed by atoms with van der Waals surface area (Å²) >= 11 is 0. The molecule has 104 valence electrons. The number of Topliss-reactive ketones (excluding diaryl/α,β-unsaturated/α-hetero) is 1. The molecule has 1 aromatic carbocycles. The Morgan fingerprint density at radius 1 is 1.37 bits per heavy atom. The van der Waals surface area contributed by atoms with Crippen molar-refractivity contribution in [3.63, 3.8) is 0 Å². The molecule has 0 radical (unpaired) electrons. The van der Waals surface area contributed by atoms with Gasteiger partial charge < -0.3 is 5.11 Å². The van der Waals surface area contributed by atoms with Gasteiger partial charge in [0, 0.05) is 18.7 Å². The highest BCUT2D eigenvalue weighted by Crippen LogP contribution is 2.24. The van der Waals surface area contributed by atoms with E-state index in [2.05, 4.69) is 4.90 Å². The van der Waals surface area contributed by atoms with Gasteiger partial charge in [-0.25, -0.2) is 0 Å². The van der Waals surface area contributed by atoms with Gasteiger partial charge in [0.2, 0.25) is 0 Å². The Balaban J connectivity index is 2.13. The summed E-state index contributed by atoms with van der Waals surface area (Å²) in [7, 11) is 0. The normalized spacial score (nSPS) is 25.5. The number of rotatable bonds is 3. The number of aryl methyl sites for hydroxylation is 2. The Labute approximate surface area is 115 Å². The second-order valence-electron chi connectivity index (χ2n) is 6.06. The molecule has 1 aliphatic rings. The molecule has 19 heavy (non-hydrogen) atoms. The number of β-amino-alcohol motifs (C(OH)–C–C–N with tert-alkyl or cyclic N) is 1. The standard InChI is InChI=1S/C16H23NO2/c1-11-5-6-14(9-12(11)2)15(18)13(3)17-8-7-16(4,19)10-17/h5-6,9,13,19H,7-8,10H2,1-4H3. The largest absolute Gasteiger partial charge is 0.389 e. The molecule has 3 nitrogen and oxygen atoms in total. The smallest absolute Gasteiger partial charge is 0.179 e. The summed E-state index contributed by atoms with van der Waals surface area (Å²) < 4.78 is 0. The molecule has 1 fully saturated rings. The van der Waals surface area contributed by atoms with Crippen LogP contribution in [0.3, 0.4) is 0 Å². The van der Waals surface area contributed by atoms with Crippen LogP contribution < -0.4 is 0 Å². The van der Waals surface area contributed by atoms with E-state index >= 15 is 0 Å². The Kier molecular flexibility index (Phi) is 3.79. The average Bonchev–Trinajstić information content (AvgIpc) is 2.71. The molecule has 3 heteroatoms. The molecule has 0 bridgehead atoms. The Morgan fingerprint density at radius 2 is 2.05 bits per heavy atom. The lowest BCUT2D eigenvalue weighted by Gasteiger charge is -2.24. The molecule has 2 rings (SSSR count).